The van der Waals surface area contributed by atoms with Crippen molar-refractivity contribution in [2.75, 3.05) is 0 Å². The minimum absolute atomic E-state index is 0.0279. The van der Waals surface area contributed by atoms with Crippen LogP contribution in [0.4, 0.5) is 0 Å². The number of nitriles is 1. The van der Waals surface area contributed by atoms with Gasteiger partial charge < -0.3 is 10.2 Å². The average Bonchev–Trinajstić information content (AvgIpc) is 2.15. The Morgan fingerprint density at radius 1 is 1.44 bits per heavy atom. The van der Waals surface area contributed by atoms with Crippen LogP contribution in [0.25, 0.3) is 0 Å². The summed E-state index contributed by atoms with van der Waals surface area (Å²) in [6.07, 6.45) is 1.11. The number of carboxylic acids is 2. The summed E-state index contributed by atoms with van der Waals surface area (Å²) in [4.78, 5) is 21.6. The van der Waals surface area contributed by atoms with Crippen LogP contribution in [0.5, 0.6) is 0 Å². The first kappa shape index (κ1) is 14.4. The van der Waals surface area contributed by atoms with Crippen LogP contribution in [0.15, 0.2) is 0 Å². The molecule has 0 radical (unpaired) electrons. The standard InChI is InChI=1S/C11H17NO4/c1-3-4-8(2)5-11(7-12,10(15)16)6-9(13)14/h8H,3-6H2,1-2H3,(H,13,14)(H,15,16)/t8-,11?/m1/s1. The van der Waals surface area contributed by atoms with Crippen molar-refractivity contribution in [3.8, 4) is 6.07 Å². The van der Waals surface area contributed by atoms with Gasteiger partial charge in [0.05, 0.1) is 12.5 Å². The lowest BCUT2D eigenvalue weighted by Gasteiger charge is -2.23. The Morgan fingerprint density at radius 3 is 2.31 bits per heavy atom. The molecule has 0 amide bonds. The first-order valence-corrected chi connectivity index (χ1v) is 5.24. The Morgan fingerprint density at radius 2 is 2.00 bits per heavy atom. The summed E-state index contributed by atoms with van der Waals surface area (Å²) in [6.45, 7) is 3.79. The smallest absolute Gasteiger partial charge is 0.324 e. The number of aliphatic carboxylic acids is 2. The lowest BCUT2D eigenvalue weighted by atomic mass is 9.77. The van der Waals surface area contributed by atoms with Crippen LogP contribution in [-0.4, -0.2) is 22.2 Å². The van der Waals surface area contributed by atoms with E-state index in [9.17, 15) is 9.59 Å². The molecule has 2 atom stereocenters. The number of rotatable bonds is 7. The molecule has 16 heavy (non-hydrogen) atoms. The van der Waals surface area contributed by atoms with E-state index in [1.165, 1.54) is 0 Å². The molecule has 0 aromatic heterocycles. The van der Waals surface area contributed by atoms with Gasteiger partial charge in [-0.25, -0.2) is 0 Å². The minimum Gasteiger partial charge on any atom is -0.481 e. The van der Waals surface area contributed by atoms with Gasteiger partial charge in [0, 0.05) is 0 Å². The van der Waals surface area contributed by atoms with E-state index in [1.807, 2.05) is 13.8 Å². The van der Waals surface area contributed by atoms with Gasteiger partial charge in [-0.3, -0.25) is 9.59 Å². The van der Waals surface area contributed by atoms with E-state index in [4.69, 9.17) is 15.5 Å². The molecule has 0 aromatic rings. The molecule has 5 nitrogen and oxygen atoms in total. The summed E-state index contributed by atoms with van der Waals surface area (Å²) in [7, 11) is 0. The Hall–Kier alpha value is -1.57. The third kappa shape index (κ3) is 3.89. The highest BCUT2D eigenvalue weighted by atomic mass is 16.4. The van der Waals surface area contributed by atoms with Gasteiger partial charge in [0.2, 0.25) is 0 Å². The van der Waals surface area contributed by atoms with E-state index >= 15 is 0 Å². The van der Waals surface area contributed by atoms with Crippen molar-refractivity contribution in [2.45, 2.75) is 39.5 Å². The van der Waals surface area contributed by atoms with Crippen LogP contribution < -0.4 is 0 Å². The predicted octanol–water partition coefficient (Wildman–Crippen LogP) is 1.88. The maximum atomic E-state index is 11.0. The third-order valence-corrected chi connectivity index (χ3v) is 2.55. The van der Waals surface area contributed by atoms with Crippen LogP contribution in [0.3, 0.4) is 0 Å². The lowest BCUT2D eigenvalue weighted by molar-refractivity contribution is -0.153. The topological polar surface area (TPSA) is 98.4 Å². The Balaban J connectivity index is 4.85. The van der Waals surface area contributed by atoms with Gasteiger partial charge >= 0.3 is 11.9 Å². The van der Waals surface area contributed by atoms with Crippen molar-refractivity contribution in [3.63, 3.8) is 0 Å². The first-order chi connectivity index (χ1) is 7.38. The van der Waals surface area contributed by atoms with Crippen LogP contribution >= 0.6 is 0 Å². The van der Waals surface area contributed by atoms with Crippen LogP contribution in [0.2, 0.25) is 0 Å². The van der Waals surface area contributed by atoms with Crippen molar-refractivity contribution in [1.82, 2.24) is 0 Å². The second kappa shape index (κ2) is 6.11. The molecule has 0 aliphatic carbocycles. The van der Waals surface area contributed by atoms with Crippen molar-refractivity contribution in [2.24, 2.45) is 11.3 Å². The molecule has 0 aliphatic heterocycles. The molecule has 0 heterocycles. The van der Waals surface area contributed by atoms with Gasteiger partial charge in [-0.15, -0.1) is 0 Å². The highest BCUT2D eigenvalue weighted by Crippen LogP contribution is 2.32. The van der Waals surface area contributed by atoms with E-state index in [2.05, 4.69) is 0 Å². The third-order valence-electron chi connectivity index (χ3n) is 2.55. The number of nitrogens with zero attached hydrogens (tertiary/aromatic N) is 1. The summed E-state index contributed by atoms with van der Waals surface area (Å²) < 4.78 is 0. The SMILES string of the molecule is CCC[C@@H](C)CC(C#N)(CC(=O)O)C(=O)O. The number of carbonyl (C=O) groups is 2. The van der Waals surface area contributed by atoms with Crippen molar-refractivity contribution >= 4 is 11.9 Å². The minimum atomic E-state index is -1.79. The summed E-state index contributed by atoms with van der Waals surface area (Å²) in [6, 6.07) is 1.66. The highest BCUT2D eigenvalue weighted by Gasteiger charge is 2.42. The Labute approximate surface area is 94.7 Å². The highest BCUT2D eigenvalue weighted by molar-refractivity contribution is 5.84. The lowest BCUT2D eigenvalue weighted by Crippen LogP contribution is -2.34. The maximum Gasteiger partial charge on any atom is 0.324 e. The first-order valence-electron chi connectivity index (χ1n) is 5.24. The molecule has 2 N–H and O–H groups in total. The molecule has 0 fully saturated rings. The summed E-state index contributed by atoms with van der Waals surface area (Å²) >= 11 is 0. The van der Waals surface area contributed by atoms with Gasteiger partial charge in [-0.1, -0.05) is 26.7 Å². The molecule has 0 rings (SSSR count). The van der Waals surface area contributed by atoms with Crippen LogP contribution in [0.1, 0.15) is 39.5 Å². The fraction of sp³-hybridized carbons (Fsp3) is 0.727. The predicted molar refractivity (Wildman–Crippen MR) is 56.6 cm³/mol. The van der Waals surface area contributed by atoms with Crippen LogP contribution in [-0.2, 0) is 9.59 Å². The zero-order chi connectivity index (χ0) is 12.8. The van der Waals surface area contributed by atoms with E-state index in [1.54, 1.807) is 6.07 Å². The normalized spacial score (nSPS) is 15.8. The van der Waals surface area contributed by atoms with Gasteiger partial charge in [-0.05, 0) is 12.3 Å². The molecule has 5 heteroatoms. The number of carboxylic acid groups (broad SMARTS) is 2. The molecule has 0 saturated carbocycles. The summed E-state index contributed by atoms with van der Waals surface area (Å²) in [5.41, 5.74) is -1.79. The monoisotopic (exact) mass is 227 g/mol. The molecule has 0 saturated heterocycles. The molecule has 90 valence electrons. The Bertz CT molecular complexity index is 308. The van der Waals surface area contributed by atoms with E-state index in [-0.39, 0.29) is 12.3 Å². The molecular weight excluding hydrogens is 210 g/mol. The van der Waals surface area contributed by atoms with Gasteiger partial charge in [0.1, 0.15) is 0 Å². The molecule has 0 aliphatic rings. The molecular formula is C11H17NO4. The van der Waals surface area contributed by atoms with Crippen molar-refractivity contribution in [1.29, 1.82) is 5.26 Å². The molecule has 1 unspecified atom stereocenters. The zero-order valence-electron chi connectivity index (χ0n) is 9.56. The second-order valence-electron chi connectivity index (χ2n) is 4.17. The summed E-state index contributed by atoms with van der Waals surface area (Å²) in [5, 5.41) is 26.6. The fourth-order valence-corrected chi connectivity index (χ4v) is 1.82. The van der Waals surface area contributed by atoms with E-state index < -0.39 is 23.8 Å². The van der Waals surface area contributed by atoms with Gasteiger partial charge in [0.25, 0.3) is 0 Å². The molecule has 0 aromatic carbocycles. The quantitative estimate of drug-likeness (QED) is 0.691. The van der Waals surface area contributed by atoms with E-state index in [0.717, 1.165) is 12.8 Å². The second-order valence-corrected chi connectivity index (χ2v) is 4.17. The van der Waals surface area contributed by atoms with Crippen molar-refractivity contribution < 1.29 is 19.8 Å². The maximum absolute atomic E-state index is 11.0. The van der Waals surface area contributed by atoms with Gasteiger partial charge in [-0.2, -0.15) is 5.26 Å². The molecule has 0 bridgehead atoms. The Kier molecular flexibility index (Phi) is 5.51. The number of hydrogen-bond acceptors (Lipinski definition) is 3. The van der Waals surface area contributed by atoms with Crippen molar-refractivity contribution in [3.05, 3.63) is 0 Å². The van der Waals surface area contributed by atoms with E-state index in [0.29, 0.717) is 0 Å². The zero-order valence-corrected chi connectivity index (χ0v) is 9.56. The number of hydrogen-bond donors (Lipinski definition) is 2. The fourth-order valence-electron chi connectivity index (χ4n) is 1.82. The largest absolute Gasteiger partial charge is 0.481 e. The summed E-state index contributed by atoms with van der Waals surface area (Å²) in [5.74, 6) is -2.58. The molecule has 0 spiro atoms. The van der Waals surface area contributed by atoms with Crippen LogP contribution in [0, 0.1) is 22.7 Å². The van der Waals surface area contributed by atoms with Gasteiger partial charge in [0.15, 0.2) is 5.41 Å². The average molecular weight is 227 g/mol.